The van der Waals surface area contributed by atoms with E-state index >= 15 is 0 Å². The second-order valence-electron chi connectivity index (χ2n) is 6.60. The van der Waals surface area contributed by atoms with Crippen molar-refractivity contribution in [3.63, 3.8) is 0 Å². The van der Waals surface area contributed by atoms with Gasteiger partial charge in [-0.3, -0.25) is 19.4 Å². The fraction of sp³-hybridized carbons (Fsp3) is 0.500. The van der Waals surface area contributed by atoms with Crippen molar-refractivity contribution in [1.82, 2.24) is 0 Å². The van der Waals surface area contributed by atoms with Gasteiger partial charge in [0.2, 0.25) is 0 Å². The van der Waals surface area contributed by atoms with Crippen molar-refractivity contribution in [1.29, 1.82) is 0 Å². The minimum atomic E-state index is -0.928. The Bertz CT molecular complexity index is 769. The van der Waals surface area contributed by atoms with E-state index in [0.717, 1.165) is 10.5 Å². The highest BCUT2D eigenvalue weighted by atomic mass is 32.2. The first-order chi connectivity index (χ1) is 13.7. The van der Waals surface area contributed by atoms with Gasteiger partial charge in [-0.15, -0.1) is 0 Å². The molecule has 0 saturated carbocycles. The number of benzene rings is 1. The first kappa shape index (κ1) is 22.9. The second kappa shape index (κ2) is 10.4. The molecule has 0 aromatic heterocycles. The lowest BCUT2D eigenvalue weighted by Crippen LogP contribution is -2.59. The quantitative estimate of drug-likeness (QED) is 0.374. The lowest BCUT2D eigenvalue weighted by atomic mass is 9.97. The number of aryl methyl sites for hydroxylation is 1. The number of hydrogen-bond acceptors (Lipinski definition) is 9. The van der Waals surface area contributed by atoms with E-state index in [2.05, 4.69) is 11.7 Å². The van der Waals surface area contributed by atoms with E-state index in [-0.39, 0.29) is 6.61 Å². The molecule has 0 radical (unpaired) electrons. The number of rotatable bonds is 7. The van der Waals surface area contributed by atoms with Gasteiger partial charge < -0.3 is 18.9 Å². The molecule has 9 heteroatoms. The zero-order valence-corrected chi connectivity index (χ0v) is 17.6. The van der Waals surface area contributed by atoms with Gasteiger partial charge in [0.15, 0.2) is 12.2 Å². The highest BCUT2D eigenvalue weighted by Gasteiger charge is 2.50. The molecular weight excluding hydrogens is 398 g/mol. The van der Waals surface area contributed by atoms with Crippen molar-refractivity contribution >= 4 is 36.4 Å². The van der Waals surface area contributed by atoms with Crippen molar-refractivity contribution in [2.75, 3.05) is 6.61 Å². The van der Waals surface area contributed by atoms with E-state index in [1.807, 2.05) is 31.2 Å². The smallest absolute Gasteiger partial charge is 0.303 e. The summed E-state index contributed by atoms with van der Waals surface area (Å²) in [4.78, 5) is 39.6. The second-order valence-corrected chi connectivity index (χ2v) is 7.77. The monoisotopic (exact) mass is 423 g/mol. The maximum absolute atomic E-state index is 11.7. The molecule has 158 valence electrons. The highest BCUT2D eigenvalue weighted by molar-refractivity contribution is 7.99. The van der Waals surface area contributed by atoms with Crippen LogP contribution in [0.3, 0.4) is 0 Å². The Kier molecular flexibility index (Phi) is 8.21. The van der Waals surface area contributed by atoms with Crippen LogP contribution in [0.5, 0.6) is 0 Å². The lowest BCUT2D eigenvalue weighted by molar-refractivity contribution is -0.200. The molecule has 0 amide bonds. The predicted octanol–water partition coefficient (Wildman–Crippen LogP) is 2.31. The average Bonchev–Trinajstić information content (AvgIpc) is 2.62. The van der Waals surface area contributed by atoms with Gasteiger partial charge in [-0.25, -0.2) is 0 Å². The summed E-state index contributed by atoms with van der Waals surface area (Å²) in [7, 11) is 0. The number of thioether (sulfide) groups is 1. The normalized spacial score (nSPS) is 26.3. The van der Waals surface area contributed by atoms with E-state index in [9.17, 15) is 14.4 Å². The van der Waals surface area contributed by atoms with Crippen molar-refractivity contribution in [2.45, 2.75) is 62.4 Å². The molecule has 1 aliphatic rings. The fourth-order valence-electron chi connectivity index (χ4n) is 3.01. The van der Waals surface area contributed by atoms with Gasteiger partial charge >= 0.3 is 17.9 Å². The summed E-state index contributed by atoms with van der Waals surface area (Å²) in [5.74, 6) is -1.59. The Balaban J connectivity index is 2.37. The number of esters is 3. The van der Waals surface area contributed by atoms with Crippen molar-refractivity contribution in [3.05, 3.63) is 29.8 Å². The minimum absolute atomic E-state index is 0.142. The maximum atomic E-state index is 11.7. The molecule has 1 aromatic carbocycles. The molecule has 0 aliphatic carbocycles. The van der Waals surface area contributed by atoms with Crippen LogP contribution in [0, 0.1) is 6.92 Å². The van der Waals surface area contributed by atoms with Crippen LogP contribution in [0.1, 0.15) is 26.3 Å². The van der Waals surface area contributed by atoms with Crippen LogP contribution in [0.25, 0.3) is 0 Å². The number of nitrogens with zero attached hydrogens (tertiary/aromatic N) is 1. The molecule has 1 aliphatic heterocycles. The van der Waals surface area contributed by atoms with Crippen LogP contribution in [0.2, 0.25) is 0 Å². The first-order valence-corrected chi connectivity index (χ1v) is 9.91. The summed E-state index contributed by atoms with van der Waals surface area (Å²) >= 11 is 1.34. The number of carbonyl (C=O) groups excluding carboxylic acids is 3. The Morgan fingerprint density at radius 3 is 2.31 bits per heavy atom. The molecule has 8 nitrogen and oxygen atoms in total. The van der Waals surface area contributed by atoms with Crippen LogP contribution in [0.4, 0.5) is 0 Å². The van der Waals surface area contributed by atoms with E-state index in [1.54, 1.807) is 0 Å². The molecule has 1 heterocycles. The standard InChI is InChI=1S/C20H25NO7S/c1-11-7-6-8-15(9-11)29-20-19(27-14(4)24)17(21-5)18(26-13(3)23)16(28-20)10-25-12(2)22/h6-9,16-20H,5,10H2,1-4H3/t16?,17?,18-,19?,20+/m0/s1. The maximum Gasteiger partial charge on any atom is 0.303 e. The Morgan fingerprint density at radius 1 is 1.10 bits per heavy atom. The third-order valence-electron chi connectivity index (χ3n) is 4.12. The van der Waals surface area contributed by atoms with E-state index in [0.29, 0.717) is 0 Å². The molecular formula is C20H25NO7S. The molecule has 0 bridgehead atoms. The number of carbonyl (C=O) groups is 3. The zero-order chi connectivity index (χ0) is 21.6. The topological polar surface area (TPSA) is 100 Å². The number of hydrogen-bond donors (Lipinski definition) is 0. The van der Waals surface area contributed by atoms with Gasteiger partial charge in [-0.2, -0.15) is 0 Å². The van der Waals surface area contributed by atoms with Gasteiger partial charge in [-0.1, -0.05) is 29.5 Å². The highest BCUT2D eigenvalue weighted by Crippen LogP contribution is 2.37. The van der Waals surface area contributed by atoms with E-state index < -0.39 is 47.7 Å². The molecule has 1 aromatic rings. The summed E-state index contributed by atoms with van der Waals surface area (Å²) < 4.78 is 22.0. The van der Waals surface area contributed by atoms with Crippen LogP contribution < -0.4 is 0 Å². The van der Waals surface area contributed by atoms with E-state index in [4.69, 9.17) is 18.9 Å². The Hall–Kier alpha value is -2.39. The predicted molar refractivity (Wildman–Crippen MR) is 107 cm³/mol. The Labute approximate surface area is 173 Å². The summed E-state index contributed by atoms with van der Waals surface area (Å²) in [6, 6.07) is 6.95. The molecule has 1 saturated heterocycles. The zero-order valence-electron chi connectivity index (χ0n) is 16.8. The lowest BCUT2D eigenvalue weighted by Gasteiger charge is -2.43. The summed E-state index contributed by atoms with van der Waals surface area (Å²) in [6.45, 7) is 9.20. The fourth-order valence-corrected chi connectivity index (χ4v) is 4.24. The summed E-state index contributed by atoms with van der Waals surface area (Å²) in [5.41, 5.74) is 0.381. The first-order valence-electron chi connectivity index (χ1n) is 9.03. The van der Waals surface area contributed by atoms with Gasteiger partial charge in [0.1, 0.15) is 24.2 Å². The molecule has 1 fully saturated rings. The van der Waals surface area contributed by atoms with Crippen LogP contribution in [-0.4, -0.2) is 61.0 Å². The molecule has 2 rings (SSSR count). The van der Waals surface area contributed by atoms with Crippen LogP contribution in [0.15, 0.2) is 34.2 Å². The minimum Gasteiger partial charge on any atom is -0.463 e. The molecule has 29 heavy (non-hydrogen) atoms. The van der Waals surface area contributed by atoms with Gasteiger partial charge in [0.05, 0.1) is 0 Å². The molecule has 3 unspecified atom stereocenters. The number of aliphatic imine (C=N–C) groups is 1. The Morgan fingerprint density at radius 2 is 1.76 bits per heavy atom. The summed E-state index contributed by atoms with van der Waals surface area (Å²) in [5, 5.41) is 0. The summed E-state index contributed by atoms with van der Waals surface area (Å²) in [6.07, 6.45) is -2.58. The number of ether oxygens (including phenoxy) is 4. The largest absolute Gasteiger partial charge is 0.463 e. The van der Waals surface area contributed by atoms with Crippen LogP contribution >= 0.6 is 11.8 Å². The van der Waals surface area contributed by atoms with E-state index in [1.165, 1.54) is 32.5 Å². The third-order valence-corrected chi connectivity index (χ3v) is 5.26. The van der Waals surface area contributed by atoms with Crippen molar-refractivity contribution in [3.8, 4) is 0 Å². The van der Waals surface area contributed by atoms with Gasteiger partial charge in [0, 0.05) is 25.7 Å². The SMILES string of the molecule is C=NC1C(OC(C)=O)[C@@H](Sc2cccc(C)c2)OC(COC(C)=O)[C@@H]1OC(C)=O. The molecule has 5 atom stereocenters. The molecule has 0 N–H and O–H groups in total. The average molecular weight is 423 g/mol. The van der Waals surface area contributed by atoms with Gasteiger partial charge in [0.25, 0.3) is 0 Å². The van der Waals surface area contributed by atoms with Crippen molar-refractivity contribution in [2.24, 2.45) is 4.99 Å². The van der Waals surface area contributed by atoms with Crippen molar-refractivity contribution < 1.29 is 33.3 Å². The third kappa shape index (κ3) is 6.57. The molecule has 0 spiro atoms. The van der Waals surface area contributed by atoms with Crippen LogP contribution in [-0.2, 0) is 33.3 Å². The van der Waals surface area contributed by atoms with Gasteiger partial charge in [-0.05, 0) is 25.8 Å².